The molecule has 0 saturated carbocycles. The smallest absolute Gasteiger partial charge is 0.246 e. The van der Waals surface area contributed by atoms with Crippen molar-refractivity contribution in [3.8, 4) is 0 Å². The summed E-state index contributed by atoms with van der Waals surface area (Å²) in [4.78, 5) is 133. The van der Waals surface area contributed by atoms with Crippen molar-refractivity contribution in [3.05, 3.63) is 71.8 Å². The van der Waals surface area contributed by atoms with Gasteiger partial charge < -0.3 is 58.5 Å². The predicted octanol–water partition coefficient (Wildman–Crippen LogP) is 1.09. The fourth-order valence-electron chi connectivity index (χ4n) is 10.1. The SMILES string of the molecule is CC(C)C[C@@H]1NC(=O)[C@@H](CCCN)NC(=O)[C@@H]2CCCN2C(=O)[C@H](Cc2ccccc2)NC(=O)[C@@H](CC(C)C)NC(=O)[C@@H](CCCN)NC(=O)[C@H](C(C)C)NC(=O)[C@@H]2CCCN2C(=O)[C@H](Cc2ccccc2)NC1=O. The molecule has 20 nitrogen and oxygen atoms in total. The maximum atomic E-state index is 14.8. The first kappa shape index (κ1) is 59.5. The zero-order valence-corrected chi connectivity index (χ0v) is 44.7. The van der Waals surface area contributed by atoms with Crippen LogP contribution < -0.4 is 48.7 Å². The summed E-state index contributed by atoms with van der Waals surface area (Å²) in [7, 11) is 0. The van der Waals surface area contributed by atoms with Gasteiger partial charge in [0.2, 0.25) is 53.2 Å². The molecule has 0 bridgehead atoms. The van der Waals surface area contributed by atoms with Crippen molar-refractivity contribution in [1.29, 1.82) is 0 Å². The van der Waals surface area contributed by atoms with E-state index in [2.05, 4.69) is 37.2 Å². The molecular weight excluding hydrogens is 959 g/mol. The van der Waals surface area contributed by atoms with E-state index in [-0.39, 0.29) is 89.4 Å². The summed E-state index contributed by atoms with van der Waals surface area (Å²) in [6.45, 7) is 11.8. The van der Waals surface area contributed by atoms with E-state index in [9.17, 15) is 43.2 Å². The molecule has 3 fully saturated rings. The summed E-state index contributed by atoms with van der Waals surface area (Å²) in [6.07, 6.45) is 2.76. The van der Waals surface area contributed by atoms with Crippen LogP contribution in [0.5, 0.6) is 0 Å². The monoisotopic (exact) mass is 1040 g/mol. The Morgan fingerprint density at radius 1 is 0.453 bits per heavy atom. The number of hydrogen-bond acceptors (Lipinski definition) is 11. The molecule has 3 aliphatic heterocycles. The third kappa shape index (κ3) is 17.3. The standard InChI is InChI=1S/C55H83N11O9/c1-33(2)29-40-49(69)63-43(32-37-19-11-8-12-20-37)55(75)66-28-16-24-45(66)52(72)64-46(35(5)6)53(73)59-39(22-14-26-57)48(68)61-41(30-34(3)4)50(70)62-42(31-36-17-9-7-10-18-36)54(74)65-27-15-23-44(65)51(71)58-38(21-13-25-56)47(67)60-40/h7-12,17-20,33-35,38-46H,13-16,21-32,56-57H2,1-6H3,(H,58,71)(H,59,73)(H,60,67)(H,61,68)(H,62,70)(H,63,69)(H,64,72)/t38-,39-,40+,41-,42+,43+,44+,45+,46+/m1/s1. The van der Waals surface area contributed by atoms with E-state index in [1.165, 1.54) is 9.80 Å². The summed E-state index contributed by atoms with van der Waals surface area (Å²) in [5.41, 5.74) is 13.3. The molecule has 20 heteroatoms. The number of rotatable bonds is 15. The van der Waals surface area contributed by atoms with Crippen molar-refractivity contribution in [2.24, 2.45) is 29.2 Å². The maximum Gasteiger partial charge on any atom is 0.246 e. The molecule has 75 heavy (non-hydrogen) atoms. The van der Waals surface area contributed by atoms with E-state index >= 15 is 0 Å². The van der Waals surface area contributed by atoms with Gasteiger partial charge in [-0.1, -0.05) is 102 Å². The quantitative estimate of drug-likeness (QED) is 0.122. The lowest BCUT2D eigenvalue weighted by Crippen LogP contribution is -2.61. The van der Waals surface area contributed by atoms with Crippen LogP contribution in [0.15, 0.2) is 60.7 Å². The Bertz CT molecular complexity index is 2270. The highest BCUT2D eigenvalue weighted by Gasteiger charge is 2.43. The molecule has 5 rings (SSSR count). The summed E-state index contributed by atoms with van der Waals surface area (Å²) in [5, 5.41) is 20.1. The van der Waals surface area contributed by atoms with Gasteiger partial charge in [-0.2, -0.15) is 0 Å². The van der Waals surface area contributed by atoms with Crippen LogP contribution in [0.25, 0.3) is 0 Å². The van der Waals surface area contributed by atoms with E-state index in [1.54, 1.807) is 26.0 Å². The number of fused-ring (bicyclic) bond motifs is 2. The van der Waals surface area contributed by atoms with E-state index in [4.69, 9.17) is 11.5 Å². The minimum absolute atomic E-state index is 0.0490. The second-order valence-electron chi connectivity index (χ2n) is 21.5. The van der Waals surface area contributed by atoms with Gasteiger partial charge in [0.25, 0.3) is 0 Å². The van der Waals surface area contributed by atoms with E-state index in [1.807, 2.05) is 76.2 Å². The van der Waals surface area contributed by atoms with Crippen LogP contribution in [0.2, 0.25) is 0 Å². The van der Waals surface area contributed by atoms with E-state index in [0.29, 0.717) is 25.7 Å². The molecule has 9 amide bonds. The first-order valence-electron chi connectivity index (χ1n) is 27.0. The van der Waals surface area contributed by atoms with Crippen LogP contribution in [0, 0.1) is 17.8 Å². The zero-order valence-electron chi connectivity index (χ0n) is 44.7. The van der Waals surface area contributed by atoms with Crippen LogP contribution in [0.1, 0.15) is 117 Å². The number of carbonyl (C=O) groups excluding carboxylic acids is 9. The average Bonchev–Trinajstić information content (AvgIpc) is 4.08. The first-order valence-corrected chi connectivity index (χ1v) is 27.0. The Labute approximate surface area is 442 Å². The number of hydrogen-bond donors (Lipinski definition) is 9. The number of amides is 9. The molecule has 412 valence electrons. The van der Waals surface area contributed by atoms with Gasteiger partial charge in [0, 0.05) is 25.9 Å². The Hall–Kier alpha value is -6.41. The van der Waals surface area contributed by atoms with Gasteiger partial charge in [-0.05, 0) is 106 Å². The largest absolute Gasteiger partial charge is 0.343 e. The molecule has 9 atom stereocenters. The second kappa shape index (κ2) is 29.0. The van der Waals surface area contributed by atoms with Crippen molar-refractivity contribution in [1.82, 2.24) is 47.0 Å². The fourth-order valence-corrected chi connectivity index (χ4v) is 10.1. The fraction of sp³-hybridized carbons (Fsp3) is 0.618. The highest BCUT2D eigenvalue weighted by Crippen LogP contribution is 2.23. The minimum Gasteiger partial charge on any atom is -0.343 e. The van der Waals surface area contributed by atoms with Crippen LogP contribution in [0.3, 0.4) is 0 Å². The van der Waals surface area contributed by atoms with Crippen molar-refractivity contribution in [3.63, 3.8) is 0 Å². The Morgan fingerprint density at radius 2 is 0.800 bits per heavy atom. The second-order valence-corrected chi connectivity index (χ2v) is 21.5. The highest BCUT2D eigenvalue weighted by molar-refractivity contribution is 5.99. The van der Waals surface area contributed by atoms with Gasteiger partial charge in [0.15, 0.2) is 0 Å². The van der Waals surface area contributed by atoms with Gasteiger partial charge in [-0.15, -0.1) is 0 Å². The lowest BCUT2D eigenvalue weighted by Gasteiger charge is -2.32. The van der Waals surface area contributed by atoms with Gasteiger partial charge in [0.1, 0.15) is 54.4 Å². The minimum atomic E-state index is -1.19. The van der Waals surface area contributed by atoms with Crippen LogP contribution >= 0.6 is 0 Å². The molecule has 0 aromatic heterocycles. The molecule has 0 spiro atoms. The van der Waals surface area contributed by atoms with Gasteiger partial charge in [-0.25, -0.2) is 0 Å². The van der Waals surface area contributed by atoms with Gasteiger partial charge >= 0.3 is 0 Å². The first-order chi connectivity index (χ1) is 35.8. The van der Waals surface area contributed by atoms with Crippen molar-refractivity contribution < 1.29 is 43.2 Å². The molecule has 0 aliphatic carbocycles. The van der Waals surface area contributed by atoms with Crippen LogP contribution in [0.4, 0.5) is 0 Å². The van der Waals surface area contributed by atoms with Crippen LogP contribution in [-0.2, 0) is 56.0 Å². The molecule has 11 N–H and O–H groups in total. The average molecular weight is 1040 g/mol. The molecule has 2 aromatic rings. The van der Waals surface area contributed by atoms with E-state index in [0.717, 1.165) is 11.1 Å². The zero-order chi connectivity index (χ0) is 54.8. The lowest BCUT2D eigenvalue weighted by molar-refractivity contribution is -0.143. The summed E-state index contributed by atoms with van der Waals surface area (Å²) in [6, 6.07) is 7.89. The predicted molar refractivity (Wildman–Crippen MR) is 284 cm³/mol. The summed E-state index contributed by atoms with van der Waals surface area (Å²) in [5.74, 6) is -6.27. The molecule has 0 radical (unpaired) electrons. The number of nitrogens with two attached hydrogens (primary N) is 2. The molecule has 3 saturated heterocycles. The highest BCUT2D eigenvalue weighted by atomic mass is 16.2. The summed E-state index contributed by atoms with van der Waals surface area (Å²) < 4.78 is 0. The number of nitrogens with one attached hydrogen (secondary N) is 7. The molecule has 3 aliphatic rings. The van der Waals surface area contributed by atoms with Crippen LogP contribution in [-0.4, -0.2) is 144 Å². The molecule has 0 unspecified atom stereocenters. The topological polar surface area (TPSA) is 296 Å². The normalized spacial score (nSPS) is 26.4. The van der Waals surface area contributed by atoms with Gasteiger partial charge in [0.05, 0.1) is 0 Å². The number of benzene rings is 2. The molecular formula is C55H83N11O9. The molecule has 3 heterocycles. The third-order valence-corrected chi connectivity index (χ3v) is 14.1. The van der Waals surface area contributed by atoms with Crippen molar-refractivity contribution in [2.75, 3.05) is 26.2 Å². The van der Waals surface area contributed by atoms with Gasteiger partial charge in [-0.3, -0.25) is 43.2 Å². The van der Waals surface area contributed by atoms with E-state index < -0.39 is 113 Å². The maximum absolute atomic E-state index is 14.8. The lowest BCUT2D eigenvalue weighted by atomic mass is 9.99. The van der Waals surface area contributed by atoms with Crippen molar-refractivity contribution >= 4 is 53.2 Å². The number of carbonyl (C=O) groups is 9. The summed E-state index contributed by atoms with van der Waals surface area (Å²) >= 11 is 0. The van der Waals surface area contributed by atoms with Crippen molar-refractivity contribution in [2.45, 2.75) is 173 Å². The number of nitrogens with zero attached hydrogens (tertiary/aromatic N) is 2. The molecule has 2 aromatic carbocycles. The Balaban J connectivity index is 1.58. The Kier molecular flexibility index (Phi) is 23.0. The Morgan fingerprint density at radius 3 is 1.17 bits per heavy atom. The third-order valence-electron chi connectivity index (χ3n) is 14.1.